The summed E-state index contributed by atoms with van der Waals surface area (Å²) in [6.07, 6.45) is -15.7. The highest BCUT2D eigenvalue weighted by Crippen LogP contribution is 2.38. The fraction of sp³-hybridized carbons (Fsp3) is 0.351. The summed E-state index contributed by atoms with van der Waals surface area (Å²) in [6, 6.07) is 11.4. The molecular weight excluding hydrogens is 748 g/mol. The Bertz CT molecular complexity index is 2120. The maximum atomic E-state index is 13.8. The zero-order chi connectivity index (χ0) is 40.4. The first-order chi connectivity index (χ1) is 26.7. The first-order valence-corrected chi connectivity index (χ1v) is 16.9. The zero-order valence-electron chi connectivity index (χ0n) is 29.2. The van der Waals surface area contributed by atoms with Crippen LogP contribution in [0.5, 0.6) is 34.5 Å². The lowest BCUT2D eigenvalue weighted by atomic mass is 9.98. The largest absolute Gasteiger partial charge is 0.508 e. The first kappa shape index (κ1) is 40.2. The molecule has 19 heteroatoms. The normalized spacial score (nSPS) is 28.0. The molecule has 10 atom stereocenters. The molecule has 2 aliphatic heterocycles. The summed E-state index contributed by atoms with van der Waals surface area (Å²) < 4.78 is 39.0. The Morgan fingerprint density at radius 1 is 0.786 bits per heavy atom. The molecule has 3 aromatic carbocycles. The molecule has 10 N–H and O–H groups in total. The van der Waals surface area contributed by atoms with Gasteiger partial charge in [-0.25, -0.2) is 4.79 Å². The van der Waals surface area contributed by atoms with Gasteiger partial charge in [0.2, 0.25) is 17.5 Å². The number of aliphatic hydroxyl groups is 6. The molecule has 3 heterocycles. The van der Waals surface area contributed by atoms with Crippen molar-refractivity contribution in [2.45, 2.75) is 61.4 Å². The number of rotatable bonds is 11. The van der Waals surface area contributed by atoms with E-state index in [1.807, 2.05) is 0 Å². The molecule has 10 unspecified atom stereocenters. The van der Waals surface area contributed by atoms with Crippen LogP contribution in [0.3, 0.4) is 0 Å². The van der Waals surface area contributed by atoms with Crippen LogP contribution in [0, 0.1) is 0 Å². The average Bonchev–Trinajstić information content (AvgIpc) is 3.17. The van der Waals surface area contributed by atoms with Crippen molar-refractivity contribution in [3.63, 3.8) is 0 Å². The second kappa shape index (κ2) is 16.7. The number of phenolic OH excluding ortho intramolecular Hbond substituents is 4. The van der Waals surface area contributed by atoms with Gasteiger partial charge in [0.15, 0.2) is 29.7 Å². The van der Waals surface area contributed by atoms with Crippen molar-refractivity contribution in [2.75, 3.05) is 20.3 Å². The zero-order valence-corrected chi connectivity index (χ0v) is 29.2. The fourth-order valence-corrected chi connectivity index (χ4v) is 6.09. The second-order valence-electron chi connectivity index (χ2n) is 12.8. The van der Waals surface area contributed by atoms with E-state index >= 15 is 0 Å². The summed E-state index contributed by atoms with van der Waals surface area (Å²) in [6.45, 7) is -1.55. The van der Waals surface area contributed by atoms with Gasteiger partial charge in [-0.15, -0.1) is 0 Å². The number of hydrogen-bond donors (Lipinski definition) is 10. The van der Waals surface area contributed by atoms with Gasteiger partial charge in [0, 0.05) is 23.8 Å². The Hall–Kier alpha value is -5.48. The summed E-state index contributed by atoms with van der Waals surface area (Å²) in [4.78, 5) is 26.6. The summed E-state index contributed by atoms with van der Waals surface area (Å²) in [5.74, 6) is -3.29. The van der Waals surface area contributed by atoms with Crippen LogP contribution in [0.4, 0.5) is 0 Å². The molecule has 2 fully saturated rings. The number of aliphatic hydroxyl groups excluding tert-OH is 6. The number of methoxy groups -OCH3 is 1. The monoisotopic (exact) mass is 786 g/mol. The number of esters is 1. The van der Waals surface area contributed by atoms with E-state index in [0.717, 1.165) is 18.2 Å². The highest BCUT2D eigenvalue weighted by molar-refractivity contribution is 5.88. The highest BCUT2D eigenvalue weighted by Gasteiger charge is 2.50. The minimum Gasteiger partial charge on any atom is -0.508 e. The van der Waals surface area contributed by atoms with Crippen LogP contribution in [0.15, 0.2) is 69.9 Å². The highest BCUT2D eigenvalue weighted by atomic mass is 16.7. The molecule has 300 valence electrons. The Morgan fingerprint density at radius 3 is 2.18 bits per heavy atom. The number of aromatic hydroxyl groups is 4. The maximum Gasteiger partial charge on any atom is 0.331 e. The predicted octanol–water partition coefficient (Wildman–Crippen LogP) is -0.442. The Kier molecular flexibility index (Phi) is 12.0. The third-order valence-corrected chi connectivity index (χ3v) is 9.07. The quantitative estimate of drug-likeness (QED) is 0.0680. The molecule has 0 bridgehead atoms. The summed E-state index contributed by atoms with van der Waals surface area (Å²) in [5.41, 5.74) is -0.698. The topological polar surface area (TPSA) is 305 Å². The molecule has 1 aromatic heterocycles. The van der Waals surface area contributed by atoms with E-state index in [0.29, 0.717) is 5.56 Å². The standard InChI is InChI=1S/C37H38O19/c1-50-21-10-15(2-8-19(21)41)3-9-25(43)55-35-31(48)27(44)23(13-38)53-37(35)51-14-24-28(45)30(47)32(49)36(54-24)56-34-29(46)26-20(42)11-18(40)12-22(26)52-33(34)16-4-6-17(39)7-5-16/h2-12,23-24,27-28,30-32,35-42,44-45,47-49H,13-14H2,1H3. The van der Waals surface area contributed by atoms with E-state index in [2.05, 4.69) is 0 Å². The number of carbonyl (C=O) groups excluding carboxylic acids is 1. The summed E-state index contributed by atoms with van der Waals surface area (Å²) >= 11 is 0. The second-order valence-corrected chi connectivity index (χ2v) is 12.8. The summed E-state index contributed by atoms with van der Waals surface area (Å²) in [7, 11) is 1.33. The van der Waals surface area contributed by atoms with Gasteiger partial charge in [-0.3, -0.25) is 4.79 Å². The van der Waals surface area contributed by atoms with Crippen LogP contribution in [0.25, 0.3) is 28.4 Å². The third kappa shape index (κ3) is 8.21. The van der Waals surface area contributed by atoms with Crippen LogP contribution in [0.1, 0.15) is 5.56 Å². The predicted molar refractivity (Wildman–Crippen MR) is 188 cm³/mol. The van der Waals surface area contributed by atoms with Gasteiger partial charge < -0.3 is 83.9 Å². The number of phenols is 4. The van der Waals surface area contributed by atoms with E-state index < -0.39 is 109 Å². The van der Waals surface area contributed by atoms with Gasteiger partial charge in [0.1, 0.15) is 70.9 Å². The molecule has 0 saturated carbocycles. The molecule has 0 radical (unpaired) electrons. The van der Waals surface area contributed by atoms with Crippen LogP contribution in [-0.4, -0.2) is 139 Å². The minimum atomic E-state index is -2.02. The van der Waals surface area contributed by atoms with Gasteiger partial charge >= 0.3 is 5.97 Å². The van der Waals surface area contributed by atoms with Crippen molar-refractivity contribution in [1.29, 1.82) is 0 Å². The van der Waals surface area contributed by atoms with Crippen molar-refractivity contribution >= 4 is 23.0 Å². The lowest BCUT2D eigenvalue weighted by Crippen LogP contribution is -2.62. The summed E-state index contributed by atoms with van der Waals surface area (Å²) in [5, 5.41) is 103. The molecule has 56 heavy (non-hydrogen) atoms. The number of fused-ring (bicyclic) bond motifs is 1. The van der Waals surface area contributed by atoms with Gasteiger partial charge in [-0.05, 0) is 48.0 Å². The maximum absolute atomic E-state index is 13.8. The molecule has 0 spiro atoms. The van der Waals surface area contributed by atoms with Crippen molar-refractivity contribution in [3.8, 4) is 45.8 Å². The molecule has 2 saturated heterocycles. The van der Waals surface area contributed by atoms with Crippen molar-refractivity contribution in [2.24, 2.45) is 0 Å². The number of ether oxygens (including phenoxy) is 6. The number of carbonyl (C=O) groups is 1. The SMILES string of the molecule is COc1cc(C=CC(=O)OC2C(OCC3OC(Oc4c(-c5ccc(O)cc5)oc5cc(O)cc(O)c5c4=O)C(O)C(O)C3O)OC(CO)C(O)C2O)ccc1O. The molecule has 0 aliphatic carbocycles. The van der Waals surface area contributed by atoms with E-state index in [-0.39, 0.29) is 34.2 Å². The smallest absolute Gasteiger partial charge is 0.331 e. The van der Waals surface area contributed by atoms with Gasteiger partial charge in [-0.1, -0.05) is 6.07 Å². The van der Waals surface area contributed by atoms with Crippen LogP contribution in [-0.2, 0) is 23.7 Å². The van der Waals surface area contributed by atoms with Crippen molar-refractivity contribution < 1.29 is 88.7 Å². The number of hydrogen-bond acceptors (Lipinski definition) is 19. The molecule has 6 rings (SSSR count). The molecule has 19 nitrogen and oxygen atoms in total. The van der Waals surface area contributed by atoms with Gasteiger partial charge in [-0.2, -0.15) is 0 Å². The lowest BCUT2D eigenvalue weighted by Gasteiger charge is -2.43. The van der Waals surface area contributed by atoms with Crippen LogP contribution in [0.2, 0.25) is 0 Å². The molecule has 2 aliphatic rings. The van der Waals surface area contributed by atoms with E-state index in [1.54, 1.807) is 0 Å². The Morgan fingerprint density at radius 2 is 1.48 bits per heavy atom. The van der Waals surface area contributed by atoms with E-state index in [1.165, 1.54) is 55.7 Å². The van der Waals surface area contributed by atoms with Crippen molar-refractivity contribution in [3.05, 3.63) is 76.5 Å². The van der Waals surface area contributed by atoms with E-state index in [4.69, 9.17) is 32.8 Å². The van der Waals surface area contributed by atoms with Crippen molar-refractivity contribution in [1.82, 2.24) is 0 Å². The molecule has 0 amide bonds. The van der Waals surface area contributed by atoms with Gasteiger partial charge in [0.25, 0.3) is 0 Å². The van der Waals surface area contributed by atoms with Crippen LogP contribution < -0.4 is 14.9 Å². The Labute approximate surface area is 315 Å². The number of benzene rings is 3. The average molecular weight is 787 g/mol. The molecule has 4 aromatic rings. The first-order valence-electron chi connectivity index (χ1n) is 16.9. The minimum absolute atomic E-state index is 0.125. The van der Waals surface area contributed by atoms with Gasteiger partial charge in [0.05, 0.1) is 20.3 Å². The Balaban J connectivity index is 1.24. The fourth-order valence-electron chi connectivity index (χ4n) is 6.09. The van der Waals surface area contributed by atoms with E-state index in [9.17, 15) is 60.7 Å². The van der Waals surface area contributed by atoms with Crippen LogP contribution >= 0.6 is 0 Å². The molecular formula is C37H38O19. The third-order valence-electron chi connectivity index (χ3n) is 9.07. The lowest BCUT2D eigenvalue weighted by molar-refractivity contribution is -0.324.